The van der Waals surface area contributed by atoms with Crippen molar-refractivity contribution < 1.29 is 19.0 Å². The summed E-state index contributed by atoms with van der Waals surface area (Å²) in [5.41, 5.74) is 4.80. The van der Waals surface area contributed by atoms with Gasteiger partial charge in [0.2, 0.25) is 0 Å². The molecule has 3 heterocycles. The third-order valence-corrected chi connectivity index (χ3v) is 7.32. The second-order valence-corrected chi connectivity index (χ2v) is 11.6. The number of fused-ring (bicyclic) bond motifs is 1. The van der Waals surface area contributed by atoms with Crippen LogP contribution < -0.4 is 14.4 Å². The van der Waals surface area contributed by atoms with Crippen LogP contribution in [-0.2, 0) is 4.74 Å². The Bertz CT molecular complexity index is 1520. The van der Waals surface area contributed by atoms with Gasteiger partial charge < -0.3 is 24.0 Å². The van der Waals surface area contributed by atoms with E-state index in [1.807, 2.05) is 62.1 Å². The molecule has 1 aliphatic rings. The zero-order chi connectivity index (χ0) is 29.9. The second kappa shape index (κ2) is 12.3. The maximum absolute atomic E-state index is 12.4. The zero-order valence-corrected chi connectivity index (χ0v) is 25.3. The number of carbonyl (C=O) groups is 1. The number of anilines is 2. The molecule has 0 radical (unpaired) electrons. The summed E-state index contributed by atoms with van der Waals surface area (Å²) in [6.07, 6.45) is 8.00. The van der Waals surface area contributed by atoms with Gasteiger partial charge in [0.25, 0.3) is 0 Å². The van der Waals surface area contributed by atoms with E-state index in [0.717, 1.165) is 71.0 Å². The highest BCUT2D eigenvalue weighted by Gasteiger charge is 2.28. The maximum atomic E-state index is 12.4. The molecule has 10 nitrogen and oxygen atoms in total. The largest absolute Gasteiger partial charge is 0.497 e. The van der Waals surface area contributed by atoms with Crippen LogP contribution in [0.2, 0.25) is 0 Å². The number of hydrogen-bond acceptors (Lipinski definition) is 8. The highest BCUT2D eigenvalue weighted by Crippen LogP contribution is 2.34. The lowest BCUT2D eigenvalue weighted by Gasteiger charge is -2.33. The van der Waals surface area contributed by atoms with E-state index in [4.69, 9.17) is 24.2 Å². The molecule has 0 saturated carbocycles. The van der Waals surface area contributed by atoms with Crippen LogP contribution in [0.3, 0.4) is 0 Å². The van der Waals surface area contributed by atoms with Gasteiger partial charge in [-0.15, -0.1) is 0 Å². The fourth-order valence-corrected chi connectivity index (χ4v) is 5.20. The van der Waals surface area contributed by atoms with E-state index in [1.165, 1.54) is 0 Å². The summed E-state index contributed by atoms with van der Waals surface area (Å²) < 4.78 is 18.6. The van der Waals surface area contributed by atoms with Gasteiger partial charge in [-0.3, -0.25) is 9.67 Å². The molecular formula is C32H40N6O4. The fourth-order valence-electron chi connectivity index (χ4n) is 5.20. The molecule has 222 valence electrons. The van der Waals surface area contributed by atoms with Gasteiger partial charge in [-0.05, 0) is 58.2 Å². The van der Waals surface area contributed by atoms with E-state index in [9.17, 15) is 4.79 Å². The van der Waals surface area contributed by atoms with Crippen molar-refractivity contribution >= 4 is 28.5 Å². The van der Waals surface area contributed by atoms with Gasteiger partial charge >= 0.3 is 6.09 Å². The first kappa shape index (κ1) is 29.2. The number of benzene rings is 2. The lowest BCUT2D eigenvalue weighted by Crippen LogP contribution is -2.42. The molecular weight excluding hydrogens is 532 g/mol. The van der Waals surface area contributed by atoms with Crippen LogP contribution in [-0.4, -0.2) is 70.2 Å². The first-order chi connectivity index (χ1) is 20.2. The molecule has 1 fully saturated rings. The number of carbonyl (C=O) groups excluding carboxylic acids is 1. The average Bonchev–Trinajstić information content (AvgIpc) is 3.49. The lowest BCUT2D eigenvalue weighted by molar-refractivity contribution is 0.0185. The Hall–Kier alpha value is -4.34. The van der Waals surface area contributed by atoms with Crippen LogP contribution >= 0.6 is 0 Å². The molecule has 42 heavy (non-hydrogen) atoms. The van der Waals surface area contributed by atoms with E-state index in [-0.39, 0.29) is 12.1 Å². The van der Waals surface area contributed by atoms with Gasteiger partial charge in [0, 0.05) is 61.0 Å². The summed E-state index contributed by atoms with van der Waals surface area (Å²) in [5, 5.41) is 4.65. The summed E-state index contributed by atoms with van der Waals surface area (Å²) in [5.74, 6) is 1.47. The van der Waals surface area contributed by atoms with Crippen LogP contribution in [0.4, 0.5) is 16.2 Å². The summed E-state index contributed by atoms with van der Waals surface area (Å²) in [6, 6.07) is 12.2. The molecule has 5 rings (SSSR count). The SMILES string of the molecule is CCCN(c1cc(OC)cc(OC)c1)c1ccc2ncc(-c3cnn(C4CCN(C(=O)OC(C)(C)C)CC4)c3)nc2c1. The monoisotopic (exact) mass is 572 g/mol. The number of likely N-dealkylation sites (tertiary alicyclic amines) is 1. The van der Waals surface area contributed by atoms with Crippen molar-refractivity contribution in [3.05, 3.63) is 55.0 Å². The maximum Gasteiger partial charge on any atom is 0.410 e. The quantitative estimate of drug-likeness (QED) is 0.232. The Morgan fingerprint density at radius 1 is 0.976 bits per heavy atom. The van der Waals surface area contributed by atoms with Crippen molar-refractivity contribution in [2.24, 2.45) is 0 Å². The number of hydrogen-bond donors (Lipinski definition) is 0. The zero-order valence-electron chi connectivity index (χ0n) is 25.3. The number of nitrogens with zero attached hydrogens (tertiary/aromatic N) is 6. The molecule has 1 amide bonds. The van der Waals surface area contributed by atoms with E-state index < -0.39 is 5.60 Å². The smallest absolute Gasteiger partial charge is 0.410 e. The summed E-state index contributed by atoms with van der Waals surface area (Å²) >= 11 is 0. The topological polar surface area (TPSA) is 94.8 Å². The van der Waals surface area contributed by atoms with Gasteiger partial charge in [-0.2, -0.15) is 5.10 Å². The standard InChI is InChI=1S/C32H40N6O4/c1-7-12-37(25-15-26(40-5)18-27(16-25)41-6)24-8-9-28-29(17-24)35-30(20-33-28)22-19-34-38(21-22)23-10-13-36(14-11-23)31(39)42-32(2,3)4/h8-9,15-21,23H,7,10-14H2,1-6H3. The van der Waals surface area contributed by atoms with Gasteiger partial charge in [0.15, 0.2) is 0 Å². The Morgan fingerprint density at radius 3 is 2.33 bits per heavy atom. The van der Waals surface area contributed by atoms with Crippen LogP contribution in [0.25, 0.3) is 22.3 Å². The minimum absolute atomic E-state index is 0.208. The summed E-state index contributed by atoms with van der Waals surface area (Å²) in [7, 11) is 3.32. The Morgan fingerprint density at radius 2 is 1.69 bits per heavy atom. The fraction of sp³-hybridized carbons (Fsp3) is 0.438. The lowest BCUT2D eigenvalue weighted by atomic mass is 10.1. The summed E-state index contributed by atoms with van der Waals surface area (Å²) in [4.78, 5) is 26.1. The molecule has 0 aliphatic carbocycles. The van der Waals surface area contributed by atoms with Crippen molar-refractivity contribution in [1.82, 2.24) is 24.6 Å². The highest BCUT2D eigenvalue weighted by atomic mass is 16.6. The van der Waals surface area contributed by atoms with Crippen molar-refractivity contribution in [2.45, 2.75) is 58.6 Å². The van der Waals surface area contributed by atoms with E-state index >= 15 is 0 Å². The number of aromatic nitrogens is 4. The molecule has 1 saturated heterocycles. The highest BCUT2D eigenvalue weighted by molar-refractivity contribution is 5.82. The Kier molecular flexibility index (Phi) is 8.51. The molecule has 4 aromatic rings. The molecule has 0 bridgehead atoms. The van der Waals surface area contributed by atoms with Gasteiger partial charge in [-0.1, -0.05) is 6.92 Å². The molecule has 2 aromatic carbocycles. The van der Waals surface area contributed by atoms with Crippen molar-refractivity contribution in [3.63, 3.8) is 0 Å². The predicted octanol–water partition coefficient (Wildman–Crippen LogP) is 6.63. The van der Waals surface area contributed by atoms with Crippen LogP contribution in [0.15, 0.2) is 55.0 Å². The van der Waals surface area contributed by atoms with E-state index in [0.29, 0.717) is 13.1 Å². The van der Waals surface area contributed by atoms with Crippen LogP contribution in [0, 0.1) is 0 Å². The minimum atomic E-state index is -0.497. The number of piperidine rings is 1. The molecule has 0 unspecified atom stereocenters. The molecule has 10 heteroatoms. The van der Waals surface area contributed by atoms with Crippen LogP contribution in [0.5, 0.6) is 11.5 Å². The molecule has 0 spiro atoms. The third-order valence-electron chi connectivity index (χ3n) is 7.32. The number of ether oxygens (including phenoxy) is 3. The third kappa shape index (κ3) is 6.58. The normalized spacial score (nSPS) is 14.2. The van der Waals surface area contributed by atoms with E-state index in [1.54, 1.807) is 25.3 Å². The second-order valence-electron chi connectivity index (χ2n) is 11.6. The average molecular weight is 573 g/mol. The van der Waals surface area contributed by atoms with Gasteiger partial charge in [0.05, 0.1) is 49.4 Å². The number of rotatable bonds is 8. The number of methoxy groups -OCH3 is 2. The van der Waals surface area contributed by atoms with Gasteiger partial charge in [-0.25, -0.2) is 9.78 Å². The molecule has 0 N–H and O–H groups in total. The number of amides is 1. The first-order valence-electron chi connectivity index (χ1n) is 14.5. The van der Waals surface area contributed by atoms with Crippen molar-refractivity contribution in [1.29, 1.82) is 0 Å². The van der Waals surface area contributed by atoms with Gasteiger partial charge in [0.1, 0.15) is 17.1 Å². The molecule has 1 aliphatic heterocycles. The molecule has 2 aromatic heterocycles. The van der Waals surface area contributed by atoms with E-state index in [2.05, 4.69) is 29.1 Å². The molecule has 0 atom stereocenters. The Balaban J connectivity index is 1.35. The van der Waals surface area contributed by atoms with Crippen molar-refractivity contribution in [3.8, 4) is 22.8 Å². The van der Waals surface area contributed by atoms with Crippen molar-refractivity contribution in [2.75, 3.05) is 38.8 Å². The summed E-state index contributed by atoms with van der Waals surface area (Å²) in [6.45, 7) is 9.91. The minimum Gasteiger partial charge on any atom is -0.497 e. The van der Waals surface area contributed by atoms with Crippen LogP contribution in [0.1, 0.15) is 53.0 Å². The predicted molar refractivity (Wildman–Crippen MR) is 164 cm³/mol. The first-order valence-corrected chi connectivity index (χ1v) is 14.5. The Labute approximate surface area is 247 Å².